The molecule has 1 aromatic rings. The Morgan fingerprint density at radius 1 is 1.58 bits per heavy atom. The average Bonchev–Trinajstić information content (AvgIpc) is 2.35. The van der Waals surface area contributed by atoms with Crippen LogP contribution in [0.4, 0.5) is 0 Å². The molecule has 1 aliphatic carbocycles. The first-order valence-electron chi connectivity index (χ1n) is 4.28. The lowest BCUT2D eigenvalue weighted by molar-refractivity contribution is 0.0665. The van der Waals surface area contributed by atoms with Crippen LogP contribution in [0.25, 0.3) is 0 Å². The van der Waals surface area contributed by atoms with Crippen molar-refractivity contribution in [1.82, 2.24) is 0 Å². The quantitative estimate of drug-likeness (QED) is 0.654. The van der Waals surface area contributed by atoms with Crippen molar-refractivity contribution in [3.8, 4) is 0 Å². The van der Waals surface area contributed by atoms with E-state index in [4.69, 9.17) is 0 Å². The zero-order valence-electron chi connectivity index (χ0n) is 7.72. The fourth-order valence-electron chi connectivity index (χ4n) is 1.88. The minimum Gasteiger partial charge on any atom is -0.388 e. The molecule has 0 aliphatic heterocycles. The highest BCUT2D eigenvalue weighted by molar-refractivity contribution is 7.12. The maximum Gasteiger partial charge on any atom is 0.0855 e. The molecule has 1 heterocycles. The summed E-state index contributed by atoms with van der Waals surface area (Å²) in [6.07, 6.45) is 0.777. The molecule has 66 valence electrons. The van der Waals surface area contributed by atoms with Crippen molar-refractivity contribution >= 4 is 11.3 Å². The number of aryl methyl sites for hydroxylation is 1. The van der Waals surface area contributed by atoms with Crippen LogP contribution in [0, 0.1) is 12.3 Å². The van der Waals surface area contributed by atoms with Gasteiger partial charge in [-0.15, -0.1) is 11.3 Å². The predicted octanol–water partition coefficient (Wildman–Crippen LogP) is 2.67. The van der Waals surface area contributed by atoms with Gasteiger partial charge in [-0.3, -0.25) is 0 Å². The van der Waals surface area contributed by atoms with Gasteiger partial charge in [-0.1, -0.05) is 13.8 Å². The maximum atomic E-state index is 9.93. The third-order valence-corrected chi connectivity index (χ3v) is 3.68. The first-order valence-corrected chi connectivity index (χ1v) is 5.09. The summed E-state index contributed by atoms with van der Waals surface area (Å²) in [6, 6.07) is 2.12. The standard InChI is InChI=1S/C10H14OS/c1-6-4-7-8(12-6)5-10(2,3)9(7)11/h4,9,11H,5H2,1-3H3. The molecule has 0 amide bonds. The smallest absolute Gasteiger partial charge is 0.0855 e. The number of hydrogen-bond acceptors (Lipinski definition) is 2. The van der Waals surface area contributed by atoms with E-state index in [1.807, 2.05) is 11.3 Å². The van der Waals surface area contributed by atoms with E-state index in [1.54, 1.807) is 0 Å². The molecule has 1 aliphatic rings. The molecule has 1 nitrogen and oxygen atoms in total. The van der Waals surface area contributed by atoms with E-state index in [1.165, 1.54) is 15.3 Å². The molecule has 1 N–H and O–H groups in total. The van der Waals surface area contributed by atoms with Crippen LogP contribution in [-0.4, -0.2) is 5.11 Å². The van der Waals surface area contributed by atoms with Gasteiger partial charge in [0.25, 0.3) is 0 Å². The van der Waals surface area contributed by atoms with Gasteiger partial charge in [-0.2, -0.15) is 0 Å². The fraction of sp³-hybridized carbons (Fsp3) is 0.600. The Balaban J connectivity index is 2.46. The van der Waals surface area contributed by atoms with Crippen molar-refractivity contribution in [2.45, 2.75) is 33.3 Å². The minimum absolute atomic E-state index is 0.0505. The van der Waals surface area contributed by atoms with E-state index < -0.39 is 0 Å². The fourth-order valence-corrected chi connectivity index (χ4v) is 3.19. The molecule has 0 fully saturated rings. The minimum atomic E-state index is -0.252. The highest BCUT2D eigenvalue weighted by Gasteiger charge is 2.38. The van der Waals surface area contributed by atoms with Gasteiger partial charge in [0, 0.05) is 9.75 Å². The number of thiophene rings is 1. The summed E-state index contributed by atoms with van der Waals surface area (Å²) in [5.74, 6) is 0. The Labute approximate surface area is 77.0 Å². The van der Waals surface area contributed by atoms with Crippen LogP contribution in [0.3, 0.4) is 0 Å². The molecule has 0 bridgehead atoms. The van der Waals surface area contributed by atoms with Crippen molar-refractivity contribution < 1.29 is 5.11 Å². The highest BCUT2D eigenvalue weighted by Crippen LogP contribution is 2.48. The molecule has 0 spiro atoms. The summed E-state index contributed by atoms with van der Waals surface area (Å²) in [7, 11) is 0. The van der Waals surface area contributed by atoms with Crippen molar-refractivity contribution in [3.63, 3.8) is 0 Å². The average molecular weight is 182 g/mol. The van der Waals surface area contributed by atoms with Crippen LogP contribution in [-0.2, 0) is 6.42 Å². The molecule has 1 atom stereocenters. The molecule has 2 rings (SSSR count). The van der Waals surface area contributed by atoms with Gasteiger partial charge in [-0.25, -0.2) is 0 Å². The molecule has 0 saturated heterocycles. The van der Waals surface area contributed by atoms with Gasteiger partial charge in [-0.05, 0) is 30.4 Å². The Bertz CT molecular complexity index is 312. The summed E-state index contributed by atoms with van der Waals surface area (Å²) < 4.78 is 0. The van der Waals surface area contributed by atoms with Gasteiger partial charge in [0.15, 0.2) is 0 Å². The lowest BCUT2D eigenvalue weighted by Crippen LogP contribution is -2.17. The van der Waals surface area contributed by atoms with E-state index in [0.717, 1.165) is 6.42 Å². The van der Waals surface area contributed by atoms with Crippen LogP contribution in [0.1, 0.15) is 35.3 Å². The van der Waals surface area contributed by atoms with Crippen LogP contribution >= 0.6 is 11.3 Å². The molecular weight excluding hydrogens is 168 g/mol. The molecule has 0 aromatic carbocycles. The molecule has 0 radical (unpaired) electrons. The van der Waals surface area contributed by atoms with E-state index in [-0.39, 0.29) is 11.5 Å². The van der Waals surface area contributed by atoms with Crippen LogP contribution < -0.4 is 0 Å². The maximum absolute atomic E-state index is 9.93. The Kier molecular flexibility index (Phi) is 1.61. The van der Waals surface area contributed by atoms with E-state index in [0.29, 0.717) is 0 Å². The van der Waals surface area contributed by atoms with Crippen molar-refractivity contribution in [2.24, 2.45) is 5.41 Å². The number of aliphatic hydroxyl groups is 1. The molecular formula is C10H14OS. The third-order valence-electron chi connectivity index (χ3n) is 2.62. The number of aliphatic hydroxyl groups excluding tert-OH is 1. The Morgan fingerprint density at radius 3 is 2.83 bits per heavy atom. The first kappa shape index (κ1) is 8.27. The van der Waals surface area contributed by atoms with Gasteiger partial charge in [0.2, 0.25) is 0 Å². The second-order valence-electron chi connectivity index (χ2n) is 4.30. The molecule has 1 unspecified atom stereocenters. The Hall–Kier alpha value is -0.340. The SMILES string of the molecule is Cc1cc2c(s1)CC(C)(C)C2O. The highest BCUT2D eigenvalue weighted by atomic mass is 32.1. The van der Waals surface area contributed by atoms with Crippen LogP contribution in [0.5, 0.6) is 0 Å². The number of fused-ring (bicyclic) bond motifs is 1. The summed E-state index contributed by atoms with van der Waals surface area (Å²) in [4.78, 5) is 2.69. The van der Waals surface area contributed by atoms with Crippen LogP contribution in [0.2, 0.25) is 0 Å². The second-order valence-corrected chi connectivity index (χ2v) is 5.64. The summed E-state index contributed by atoms with van der Waals surface area (Å²) in [5, 5.41) is 9.93. The van der Waals surface area contributed by atoms with Crippen LogP contribution in [0.15, 0.2) is 6.07 Å². The zero-order valence-corrected chi connectivity index (χ0v) is 8.53. The van der Waals surface area contributed by atoms with E-state index >= 15 is 0 Å². The van der Waals surface area contributed by atoms with E-state index in [2.05, 4.69) is 26.8 Å². The monoisotopic (exact) mass is 182 g/mol. The van der Waals surface area contributed by atoms with Crippen molar-refractivity contribution in [2.75, 3.05) is 0 Å². The zero-order chi connectivity index (χ0) is 8.93. The van der Waals surface area contributed by atoms with Crippen molar-refractivity contribution in [3.05, 3.63) is 21.4 Å². The summed E-state index contributed by atoms with van der Waals surface area (Å²) >= 11 is 1.82. The predicted molar refractivity (Wildman–Crippen MR) is 51.5 cm³/mol. The molecule has 12 heavy (non-hydrogen) atoms. The topological polar surface area (TPSA) is 20.2 Å². The largest absolute Gasteiger partial charge is 0.388 e. The van der Waals surface area contributed by atoms with Crippen molar-refractivity contribution in [1.29, 1.82) is 0 Å². The van der Waals surface area contributed by atoms with Gasteiger partial charge in [0.1, 0.15) is 0 Å². The molecule has 2 heteroatoms. The first-order chi connectivity index (χ1) is 5.50. The third kappa shape index (κ3) is 1.02. The van der Waals surface area contributed by atoms with Gasteiger partial charge in [0.05, 0.1) is 6.10 Å². The number of rotatable bonds is 0. The van der Waals surface area contributed by atoms with E-state index in [9.17, 15) is 5.11 Å². The summed E-state index contributed by atoms with van der Waals surface area (Å²) in [5.41, 5.74) is 1.22. The normalized spacial score (nSPS) is 25.8. The lowest BCUT2D eigenvalue weighted by atomic mass is 9.88. The molecule has 1 aromatic heterocycles. The second kappa shape index (κ2) is 2.33. The van der Waals surface area contributed by atoms with Gasteiger partial charge >= 0.3 is 0 Å². The molecule has 0 saturated carbocycles. The van der Waals surface area contributed by atoms with Gasteiger partial charge < -0.3 is 5.11 Å². The Morgan fingerprint density at radius 2 is 2.25 bits per heavy atom. The summed E-state index contributed by atoms with van der Waals surface area (Å²) in [6.45, 7) is 6.35. The lowest BCUT2D eigenvalue weighted by Gasteiger charge is -2.22. The number of hydrogen-bond donors (Lipinski definition) is 1.